The summed E-state index contributed by atoms with van der Waals surface area (Å²) < 4.78 is 33.5. The third-order valence-corrected chi connectivity index (χ3v) is 2.70. The van der Waals surface area contributed by atoms with Gasteiger partial charge in [0.25, 0.3) is 5.88 Å². The molecule has 1 aromatic carbocycles. The molecule has 0 spiro atoms. The number of rotatable bonds is 4. The molecule has 0 saturated carbocycles. The summed E-state index contributed by atoms with van der Waals surface area (Å²) in [4.78, 5) is 15.9. The zero-order valence-corrected chi connectivity index (χ0v) is 11.6. The van der Waals surface area contributed by atoms with E-state index in [4.69, 9.17) is 10.5 Å². The Morgan fingerprint density at radius 3 is 2.71 bits per heavy atom. The summed E-state index contributed by atoms with van der Waals surface area (Å²) in [5, 5.41) is 0. The molecule has 0 atom stereocenters. The highest BCUT2D eigenvalue weighted by atomic mass is 19.1. The molecule has 0 amide bonds. The summed E-state index contributed by atoms with van der Waals surface area (Å²) in [5.41, 5.74) is 4.39. The minimum Gasteiger partial charge on any atom is -0.431 e. The average Bonchev–Trinajstić information content (AvgIpc) is 2.40. The fraction of sp³-hybridized carbons (Fsp3) is 0.286. The van der Waals surface area contributed by atoms with E-state index >= 15 is 0 Å². The summed E-state index contributed by atoms with van der Waals surface area (Å²) in [6.45, 7) is 4.36. The van der Waals surface area contributed by atoms with Gasteiger partial charge < -0.3 is 15.0 Å². The van der Waals surface area contributed by atoms with Crippen LogP contribution in [0.4, 0.5) is 14.5 Å². The highest BCUT2D eigenvalue weighted by Gasteiger charge is 2.14. The second-order valence-corrected chi connectivity index (χ2v) is 4.99. The Kier molecular flexibility index (Phi) is 4.21. The van der Waals surface area contributed by atoms with Crippen molar-refractivity contribution in [3.8, 4) is 11.6 Å². The van der Waals surface area contributed by atoms with Crippen LogP contribution in [0.5, 0.6) is 11.6 Å². The van der Waals surface area contributed by atoms with Crippen LogP contribution < -0.4 is 16.0 Å². The summed E-state index contributed by atoms with van der Waals surface area (Å²) in [6.07, 6.45) is 2.87. The van der Waals surface area contributed by atoms with Crippen LogP contribution in [0.2, 0.25) is 0 Å². The van der Waals surface area contributed by atoms with Crippen molar-refractivity contribution in [2.75, 3.05) is 5.73 Å². The second-order valence-electron chi connectivity index (χ2n) is 4.99. The van der Waals surface area contributed by atoms with Gasteiger partial charge in [-0.1, -0.05) is 13.8 Å². The Labute approximate surface area is 120 Å². The lowest BCUT2D eigenvalue weighted by Gasteiger charge is -2.11. The fourth-order valence-electron chi connectivity index (χ4n) is 1.76. The fourth-order valence-corrected chi connectivity index (χ4v) is 1.76. The maximum absolute atomic E-state index is 13.7. The number of ether oxygens (including phenoxy) is 1. The molecule has 0 aliphatic heterocycles. The van der Waals surface area contributed by atoms with E-state index in [1.165, 1.54) is 17.0 Å². The zero-order valence-electron chi connectivity index (χ0n) is 11.6. The summed E-state index contributed by atoms with van der Waals surface area (Å²) in [5.74, 6) is -2.21. The quantitative estimate of drug-likeness (QED) is 0.880. The van der Waals surface area contributed by atoms with E-state index < -0.39 is 22.9 Å². The molecule has 2 N–H and O–H groups in total. The molecular formula is C14H15F2N3O2. The smallest absolute Gasteiger partial charge is 0.313 e. The molecule has 0 saturated heterocycles. The molecule has 0 unspecified atom stereocenters. The molecule has 1 heterocycles. The molecule has 2 rings (SSSR count). The first kappa shape index (κ1) is 15.0. The number of anilines is 1. The largest absolute Gasteiger partial charge is 0.431 e. The topological polar surface area (TPSA) is 70.1 Å². The number of benzene rings is 1. The molecule has 112 valence electrons. The van der Waals surface area contributed by atoms with E-state index in [-0.39, 0.29) is 17.5 Å². The first-order chi connectivity index (χ1) is 9.88. The van der Waals surface area contributed by atoms with Crippen LogP contribution in [0.15, 0.2) is 29.3 Å². The Bertz CT molecular complexity index is 714. The lowest BCUT2D eigenvalue weighted by Crippen LogP contribution is -2.23. The van der Waals surface area contributed by atoms with Crippen LogP contribution in [0.1, 0.15) is 13.8 Å². The van der Waals surface area contributed by atoms with E-state index in [1.54, 1.807) is 0 Å². The van der Waals surface area contributed by atoms with Gasteiger partial charge in [0.15, 0.2) is 11.6 Å². The van der Waals surface area contributed by atoms with Gasteiger partial charge in [-0.15, -0.1) is 0 Å². The maximum atomic E-state index is 13.7. The van der Waals surface area contributed by atoms with Crippen LogP contribution in [0, 0.1) is 17.6 Å². The SMILES string of the molecule is CC(C)Cn1ccnc(Oc2cc(F)c(N)cc2F)c1=O. The normalized spacial score (nSPS) is 10.9. The van der Waals surface area contributed by atoms with Gasteiger partial charge in [-0.3, -0.25) is 4.79 Å². The monoisotopic (exact) mass is 295 g/mol. The summed E-state index contributed by atoms with van der Waals surface area (Å²) in [7, 11) is 0. The molecule has 0 fully saturated rings. The first-order valence-electron chi connectivity index (χ1n) is 6.36. The zero-order chi connectivity index (χ0) is 15.6. The minimum atomic E-state index is -0.866. The number of nitrogens with zero attached hydrogens (tertiary/aromatic N) is 2. The number of hydrogen-bond donors (Lipinski definition) is 1. The van der Waals surface area contributed by atoms with Gasteiger partial charge in [0.05, 0.1) is 5.69 Å². The van der Waals surface area contributed by atoms with Crippen molar-refractivity contribution < 1.29 is 13.5 Å². The van der Waals surface area contributed by atoms with E-state index in [0.29, 0.717) is 6.54 Å². The predicted molar refractivity (Wildman–Crippen MR) is 74.2 cm³/mol. The van der Waals surface area contributed by atoms with Crippen LogP contribution in [-0.2, 0) is 6.54 Å². The van der Waals surface area contributed by atoms with E-state index in [1.807, 2.05) is 13.8 Å². The summed E-state index contributed by atoms with van der Waals surface area (Å²) in [6, 6.07) is 1.58. The standard InChI is InChI=1S/C14H15F2N3O2/c1-8(2)7-19-4-3-18-13(14(19)20)21-12-6-9(15)11(17)5-10(12)16/h3-6,8H,7,17H2,1-2H3. The Balaban J connectivity index is 2.36. The summed E-state index contributed by atoms with van der Waals surface area (Å²) >= 11 is 0. The molecule has 7 heteroatoms. The van der Waals surface area contributed by atoms with Crippen molar-refractivity contribution in [2.45, 2.75) is 20.4 Å². The van der Waals surface area contributed by atoms with Gasteiger partial charge in [-0.05, 0) is 5.92 Å². The Morgan fingerprint density at radius 1 is 1.33 bits per heavy atom. The molecule has 2 aromatic rings. The van der Waals surface area contributed by atoms with Gasteiger partial charge in [0.2, 0.25) is 0 Å². The number of nitrogens with two attached hydrogens (primary N) is 1. The predicted octanol–water partition coefficient (Wildman–Crippen LogP) is 2.55. The second kappa shape index (κ2) is 5.90. The third-order valence-electron chi connectivity index (χ3n) is 2.70. The van der Waals surface area contributed by atoms with Crippen molar-refractivity contribution >= 4 is 5.69 Å². The van der Waals surface area contributed by atoms with Gasteiger partial charge >= 0.3 is 5.56 Å². The van der Waals surface area contributed by atoms with E-state index in [0.717, 1.165) is 12.1 Å². The first-order valence-corrected chi connectivity index (χ1v) is 6.36. The molecule has 0 aliphatic rings. The van der Waals surface area contributed by atoms with Gasteiger partial charge in [0.1, 0.15) is 5.82 Å². The molecule has 1 aromatic heterocycles. The van der Waals surface area contributed by atoms with E-state index in [2.05, 4.69) is 4.98 Å². The van der Waals surface area contributed by atoms with Gasteiger partial charge in [-0.2, -0.15) is 0 Å². The molecular weight excluding hydrogens is 280 g/mol. The van der Waals surface area contributed by atoms with Crippen molar-refractivity contribution in [1.82, 2.24) is 9.55 Å². The Hall–Kier alpha value is -2.44. The van der Waals surface area contributed by atoms with Crippen LogP contribution in [-0.4, -0.2) is 9.55 Å². The highest BCUT2D eigenvalue weighted by molar-refractivity contribution is 5.45. The van der Waals surface area contributed by atoms with Crippen LogP contribution in [0.3, 0.4) is 0 Å². The van der Waals surface area contributed by atoms with E-state index in [9.17, 15) is 13.6 Å². The Morgan fingerprint density at radius 2 is 2.05 bits per heavy atom. The minimum absolute atomic E-state index is 0.239. The average molecular weight is 295 g/mol. The number of hydrogen-bond acceptors (Lipinski definition) is 4. The van der Waals surface area contributed by atoms with Crippen LogP contribution in [0.25, 0.3) is 0 Å². The molecule has 0 aliphatic carbocycles. The molecule has 0 bridgehead atoms. The van der Waals surface area contributed by atoms with Crippen LogP contribution >= 0.6 is 0 Å². The molecule has 0 radical (unpaired) electrons. The van der Waals surface area contributed by atoms with Crippen molar-refractivity contribution in [3.63, 3.8) is 0 Å². The molecule has 5 nitrogen and oxygen atoms in total. The van der Waals surface area contributed by atoms with Crippen molar-refractivity contribution in [3.05, 3.63) is 46.5 Å². The van der Waals surface area contributed by atoms with Crippen molar-refractivity contribution in [1.29, 1.82) is 0 Å². The highest BCUT2D eigenvalue weighted by Crippen LogP contribution is 2.25. The maximum Gasteiger partial charge on any atom is 0.313 e. The van der Waals surface area contributed by atoms with Crippen molar-refractivity contribution in [2.24, 2.45) is 5.92 Å². The molecule has 21 heavy (non-hydrogen) atoms. The lowest BCUT2D eigenvalue weighted by molar-refractivity contribution is 0.404. The lowest BCUT2D eigenvalue weighted by atomic mass is 10.2. The van der Waals surface area contributed by atoms with Gasteiger partial charge in [0, 0.05) is 31.1 Å². The third kappa shape index (κ3) is 3.36. The number of halogens is 2. The van der Waals surface area contributed by atoms with Gasteiger partial charge in [-0.25, -0.2) is 13.8 Å². The number of nitrogen functional groups attached to an aromatic ring is 1. The number of aromatic nitrogens is 2.